The number of aromatic nitrogens is 3. The highest BCUT2D eigenvalue weighted by Gasteiger charge is 2.21. The Kier molecular flexibility index (Phi) is 6.13. The molecule has 32 heavy (non-hydrogen) atoms. The first-order valence-corrected chi connectivity index (χ1v) is 12.2. The van der Waals surface area contributed by atoms with Gasteiger partial charge in [-0.25, -0.2) is 23.1 Å². The van der Waals surface area contributed by atoms with Gasteiger partial charge >= 0.3 is 0 Å². The van der Waals surface area contributed by atoms with Crippen LogP contribution in [0.3, 0.4) is 0 Å². The summed E-state index contributed by atoms with van der Waals surface area (Å²) in [6.45, 7) is 8.40. The molecule has 2 heterocycles. The Balaban J connectivity index is 1.66. The minimum absolute atomic E-state index is 0.0818. The molecular formula is C25H28N4O2S. The van der Waals surface area contributed by atoms with E-state index in [0.717, 1.165) is 39.8 Å². The zero-order chi connectivity index (χ0) is 22.9. The van der Waals surface area contributed by atoms with Gasteiger partial charge < -0.3 is 4.57 Å². The van der Waals surface area contributed by atoms with Crippen LogP contribution in [0.4, 0.5) is 0 Å². The first-order chi connectivity index (χ1) is 15.3. The average molecular weight is 449 g/mol. The van der Waals surface area contributed by atoms with Gasteiger partial charge in [0.2, 0.25) is 10.0 Å². The lowest BCUT2D eigenvalue weighted by Gasteiger charge is -2.14. The van der Waals surface area contributed by atoms with E-state index in [1.54, 1.807) is 6.20 Å². The lowest BCUT2D eigenvalue weighted by Crippen LogP contribution is -2.26. The predicted molar refractivity (Wildman–Crippen MR) is 127 cm³/mol. The summed E-state index contributed by atoms with van der Waals surface area (Å²) in [7, 11) is -3.70. The fraction of sp³-hybridized carbons (Fsp3) is 0.280. The average Bonchev–Trinajstić information content (AvgIpc) is 3.09. The van der Waals surface area contributed by atoms with Crippen molar-refractivity contribution in [3.63, 3.8) is 0 Å². The molecule has 0 aliphatic rings. The number of benzene rings is 2. The molecule has 2 aromatic heterocycles. The van der Waals surface area contributed by atoms with Crippen molar-refractivity contribution in [2.24, 2.45) is 0 Å². The second-order valence-electron chi connectivity index (χ2n) is 8.18. The monoisotopic (exact) mass is 448 g/mol. The topological polar surface area (TPSA) is 76.9 Å². The number of sulfonamides is 1. The summed E-state index contributed by atoms with van der Waals surface area (Å²) in [5, 5.41) is 0. The normalized spacial score (nSPS) is 11.9. The van der Waals surface area contributed by atoms with Crippen molar-refractivity contribution < 1.29 is 8.42 Å². The predicted octanol–water partition coefficient (Wildman–Crippen LogP) is 4.45. The molecule has 0 radical (unpaired) electrons. The molecule has 2 aromatic carbocycles. The quantitative estimate of drug-likeness (QED) is 0.453. The van der Waals surface area contributed by atoms with Crippen molar-refractivity contribution in [3.05, 3.63) is 88.4 Å². The van der Waals surface area contributed by atoms with E-state index in [4.69, 9.17) is 0 Å². The Morgan fingerprint density at radius 1 is 0.969 bits per heavy atom. The van der Waals surface area contributed by atoms with Crippen LogP contribution in [0.1, 0.15) is 40.6 Å². The Bertz CT molecular complexity index is 1350. The molecule has 1 N–H and O–H groups in total. The van der Waals surface area contributed by atoms with Gasteiger partial charge in [-0.05, 0) is 61.6 Å². The van der Waals surface area contributed by atoms with Crippen LogP contribution in [-0.2, 0) is 29.5 Å². The maximum Gasteiger partial charge on any atom is 0.241 e. The Morgan fingerprint density at radius 3 is 2.28 bits per heavy atom. The van der Waals surface area contributed by atoms with Crippen molar-refractivity contribution in [3.8, 4) is 0 Å². The summed E-state index contributed by atoms with van der Waals surface area (Å²) in [5.74, 6) is 0.629. The van der Waals surface area contributed by atoms with Gasteiger partial charge in [0.25, 0.3) is 0 Å². The lowest BCUT2D eigenvalue weighted by atomic mass is 10.1. The zero-order valence-electron chi connectivity index (χ0n) is 18.9. The third-order valence-electron chi connectivity index (χ3n) is 5.65. The number of aryl methyl sites for hydroxylation is 4. The molecule has 0 atom stereocenters. The standard InChI is InChI=1S/C25H28N4O2S/c1-5-20-8-10-21(11-9-20)16-29-23(28-22-7-6-12-26-25(22)29)15-27-32(30,31)24-18(3)13-17(2)14-19(24)4/h6-14,27H,5,15-16H2,1-4H3. The van der Waals surface area contributed by atoms with E-state index in [1.807, 2.05) is 49.6 Å². The highest BCUT2D eigenvalue weighted by Crippen LogP contribution is 2.22. The molecule has 0 bridgehead atoms. The molecule has 6 nitrogen and oxygen atoms in total. The first-order valence-electron chi connectivity index (χ1n) is 10.7. The van der Waals surface area contributed by atoms with Crippen LogP contribution in [0.15, 0.2) is 59.6 Å². The van der Waals surface area contributed by atoms with Crippen molar-refractivity contribution >= 4 is 21.2 Å². The number of nitrogens with zero attached hydrogens (tertiary/aromatic N) is 3. The first kappa shape index (κ1) is 22.2. The number of hydrogen-bond acceptors (Lipinski definition) is 4. The van der Waals surface area contributed by atoms with Crippen molar-refractivity contribution in [2.45, 2.75) is 52.1 Å². The molecule has 0 saturated heterocycles. The SMILES string of the molecule is CCc1ccc(Cn2c(CNS(=O)(=O)c3c(C)cc(C)cc3C)nc3cccnc32)cc1. The van der Waals surface area contributed by atoms with Gasteiger partial charge in [0.15, 0.2) is 5.65 Å². The largest absolute Gasteiger partial charge is 0.307 e. The molecule has 7 heteroatoms. The van der Waals surface area contributed by atoms with E-state index in [-0.39, 0.29) is 6.54 Å². The molecule has 0 aliphatic heterocycles. The molecule has 4 rings (SSSR count). The number of pyridine rings is 1. The van der Waals surface area contributed by atoms with Crippen LogP contribution in [0.5, 0.6) is 0 Å². The smallest absolute Gasteiger partial charge is 0.241 e. The minimum atomic E-state index is -3.70. The van der Waals surface area contributed by atoms with E-state index in [0.29, 0.717) is 17.3 Å². The summed E-state index contributed by atoms with van der Waals surface area (Å²) in [6, 6.07) is 15.9. The van der Waals surface area contributed by atoms with Gasteiger partial charge in [-0.3, -0.25) is 0 Å². The molecule has 166 valence electrons. The second kappa shape index (κ2) is 8.84. The third-order valence-corrected chi connectivity index (χ3v) is 7.35. The molecule has 4 aromatic rings. The lowest BCUT2D eigenvalue weighted by molar-refractivity contribution is 0.575. The summed E-state index contributed by atoms with van der Waals surface area (Å²) in [4.78, 5) is 9.50. The number of rotatable bonds is 7. The van der Waals surface area contributed by atoms with Gasteiger partial charge in [-0.2, -0.15) is 0 Å². The molecule has 0 spiro atoms. The summed E-state index contributed by atoms with van der Waals surface area (Å²) < 4.78 is 31.0. The highest BCUT2D eigenvalue weighted by molar-refractivity contribution is 7.89. The molecule has 0 amide bonds. The highest BCUT2D eigenvalue weighted by atomic mass is 32.2. The molecule has 0 unspecified atom stereocenters. The Morgan fingerprint density at radius 2 is 1.62 bits per heavy atom. The Labute approximate surface area is 189 Å². The fourth-order valence-corrected chi connectivity index (χ4v) is 5.62. The second-order valence-corrected chi connectivity index (χ2v) is 9.89. The van der Waals surface area contributed by atoms with Crippen LogP contribution in [0, 0.1) is 20.8 Å². The van der Waals surface area contributed by atoms with Gasteiger partial charge in [-0.15, -0.1) is 0 Å². The van der Waals surface area contributed by atoms with E-state index in [1.165, 1.54) is 5.56 Å². The third kappa shape index (κ3) is 4.45. The van der Waals surface area contributed by atoms with Crippen LogP contribution >= 0.6 is 0 Å². The van der Waals surface area contributed by atoms with Crippen LogP contribution < -0.4 is 4.72 Å². The molecule has 0 aliphatic carbocycles. The van der Waals surface area contributed by atoms with Crippen molar-refractivity contribution in [2.75, 3.05) is 0 Å². The summed E-state index contributed by atoms with van der Waals surface area (Å²) >= 11 is 0. The zero-order valence-corrected chi connectivity index (χ0v) is 19.7. The number of fused-ring (bicyclic) bond motifs is 1. The number of hydrogen-bond donors (Lipinski definition) is 1. The molecule has 0 saturated carbocycles. The molecular weight excluding hydrogens is 420 g/mol. The van der Waals surface area contributed by atoms with E-state index >= 15 is 0 Å². The number of imidazole rings is 1. The maximum absolute atomic E-state index is 13.2. The van der Waals surface area contributed by atoms with Crippen molar-refractivity contribution in [1.82, 2.24) is 19.3 Å². The summed E-state index contributed by atoms with van der Waals surface area (Å²) in [5.41, 5.74) is 6.39. The Hall–Kier alpha value is -3.03. The van der Waals surface area contributed by atoms with E-state index in [2.05, 4.69) is 45.9 Å². The van der Waals surface area contributed by atoms with E-state index in [9.17, 15) is 8.42 Å². The van der Waals surface area contributed by atoms with Crippen LogP contribution in [0.2, 0.25) is 0 Å². The summed E-state index contributed by atoms with van der Waals surface area (Å²) in [6.07, 6.45) is 2.72. The van der Waals surface area contributed by atoms with Gasteiger partial charge in [0.05, 0.1) is 18.0 Å². The van der Waals surface area contributed by atoms with E-state index < -0.39 is 10.0 Å². The van der Waals surface area contributed by atoms with Crippen LogP contribution in [-0.4, -0.2) is 23.0 Å². The van der Waals surface area contributed by atoms with Gasteiger partial charge in [0.1, 0.15) is 11.3 Å². The van der Waals surface area contributed by atoms with Gasteiger partial charge in [0, 0.05) is 6.20 Å². The van der Waals surface area contributed by atoms with Crippen LogP contribution in [0.25, 0.3) is 11.2 Å². The number of nitrogens with one attached hydrogen (secondary N) is 1. The maximum atomic E-state index is 13.2. The minimum Gasteiger partial charge on any atom is -0.307 e. The van der Waals surface area contributed by atoms with Gasteiger partial charge in [-0.1, -0.05) is 48.9 Å². The molecule has 0 fully saturated rings. The fourth-order valence-electron chi connectivity index (χ4n) is 4.19. The van der Waals surface area contributed by atoms with Crippen molar-refractivity contribution in [1.29, 1.82) is 0 Å².